The monoisotopic (exact) mass is 304 g/mol. The average molecular weight is 304 g/mol. The molecule has 2 aromatic rings. The topological polar surface area (TPSA) is 70.4 Å². The van der Waals surface area contributed by atoms with Gasteiger partial charge in [0.2, 0.25) is 5.91 Å². The van der Waals surface area contributed by atoms with E-state index >= 15 is 0 Å². The normalized spacial score (nSPS) is 12.8. The van der Waals surface area contributed by atoms with Crippen molar-refractivity contribution in [2.45, 2.75) is 26.0 Å². The van der Waals surface area contributed by atoms with Gasteiger partial charge in [-0.1, -0.05) is 12.1 Å². The van der Waals surface area contributed by atoms with Gasteiger partial charge in [0.25, 0.3) is 0 Å². The van der Waals surface area contributed by atoms with Gasteiger partial charge in [0, 0.05) is 24.9 Å². The molecule has 2 rings (SSSR count). The smallest absolute Gasteiger partial charge is 0.221 e. The maximum Gasteiger partial charge on any atom is 0.221 e. The highest BCUT2D eigenvalue weighted by Crippen LogP contribution is 2.17. The maximum absolute atomic E-state index is 11.9. The van der Waals surface area contributed by atoms with Crippen LogP contribution < -0.4 is 5.32 Å². The van der Waals surface area contributed by atoms with Crippen LogP contribution in [0.5, 0.6) is 0 Å². The van der Waals surface area contributed by atoms with E-state index in [1.807, 2.05) is 55.0 Å². The number of aryl methyl sites for hydroxylation is 2. The van der Waals surface area contributed by atoms with Gasteiger partial charge < -0.3 is 15.3 Å². The first-order valence-electron chi connectivity index (χ1n) is 7.48. The number of nitrogens with one attached hydrogen (secondary N) is 1. The lowest BCUT2D eigenvalue weighted by Gasteiger charge is -2.16. The Morgan fingerprint density at radius 1 is 1.45 bits per heavy atom. The lowest BCUT2D eigenvalue weighted by atomic mass is 10.1. The predicted molar refractivity (Wildman–Crippen MR) is 86.7 cm³/mol. The first-order chi connectivity index (χ1) is 10.5. The van der Waals surface area contributed by atoms with Crippen molar-refractivity contribution in [2.75, 3.05) is 27.2 Å². The van der Waals surface area contributed by atoms with E-state index in [1.165, 1.54) is 5.56 Å². The number of amides is 1. The molecule has 1 aromatic heterocycles. The third-order valence-corrected chi connectivity index (χ3v) is 3.57. The van der Waals surface area contributed by atoms with Crippen LogP contribution in [0, 0.1) is 6.92 Å². The molecule has 1 unspecified atom stereocenters. The van der Waals surface area contributed by atoms with Gasteiger partial charge >= 0.3 is 0 Å². The molecule has 0 saturated carbocycles. The molecule has 6 nitrogen and oxygen atoms in total. The molecule has 0 fully saturated rings. The lowest BCUT2D eigenvalue weighted by Crippen LogP contribution is -2.37. The summed E-state index contributed by atoms with van der Waals surface area (Å²) in [7, 11) is 3.77. The number of benzene rings is 1. The van der Waals surface area contributed by atoms with Crippen molar-refractivity contribution in [1.82, 2.24) is 20.0 Å². The zero-order valence-corrected chi connectivity index (χ0v) is 13.4. The van der Waals surface area contributed by atoms with E-state index in [-0.39, 0.29) is 12.5 Å². The van der Waals surface area contributed by atoms with Gasteiger partial charge in [0.1, 0.15) is 0 Å². The van der Waals surface area contributed by atoms with Crippen molar-refractivity contribution in [3.8, 4) is 0 Å². The number of hydrogen-bond acceptors (Lipinski definition) is 4. The number of carbonyl (C=O) groups is 1. The number of aliphatic hydroxyl groups excluding tert-OH is 1. The summed E-state index contributed by atoms with van der Waals surface area (Å²) in [5.74, 6) is -0.0749. The molecule has 1 aromatic carbocycles. The Hall–Kier alpha value is -1.92. The van der Waals surface area contributed by atoms with E-state index in [0.717, 1.165) is 10.9 Å². The van der Waals surface area contributed by atoms with Crippen LogP contribution in [-0.4, -0.2) is 59.0 Å². The highest BCUT2D eigenvalue weighted by Gasteiger charge is 2.10. The van der Waals surface area contributed by atoms with Gasteiger partial charge in [-0.15, -0.1) is 0 Å². The molecular formula is C16H24N4O2. The van der Waals surface area contributed by atoms with Gasteiger partial charge in [0.05, 0.1) is 24.4 Å². The first kappa shape index (κ1) is 16.5. The molecule has 1 atom stereocenters. The number of rotatable bonds is 7. The van der Waals surface area contributed by atoms with Crippen molar-refractivity contribution < 1.29 is 9.90 Å². The van der Waals surface area contributed by atoms with Crippen molar-refractivity contribution in [1.29, 1.82) is 0 Å². The summed E-state index contributed by atoms with van der Waals surface area (Å²) >= 11 is 0. The Labute approximate surface area is 130 Å². The Morgan fingerprint density at radius 2 is 2.23 bits per heavy atom. The van der Waals surface area contributed by atoms with E-state index in [2.05, 4.69) is 10.4 Å². The third kappa shape index (κ3) is 4.29. The fraction of sp³-hybridized carbons (Fsp3) is 0.500. The molecule has 0 aliphatic heterocycles. The maximum atomic E-state index is 11.9. The van der Waals surface area contributed by atoms with E-state index in [4.69, 9.17) is 0 Å². The third-order valence-electron chi connectivity index (χ3n) is 3.57. The molecule has 2 N–H and O–H groups in total. The lowest BCUT2D eigenvalue weighted by molar-refractivity contribution is -0.121. The molecule has 0 spiro atoms. The fourth-order valence-electron chi connectivity index (χ4n) is 2.44. The van der Waals surface area contributed by atoms with Crippen LogP contribution in [0.2, 0.25) is 0 Å². The molecule has 120 valence electrons. The molecule has 0 aliphatic rings. The first-order valence-corrected chi connectivity index (χ1v) is 7.48. The Kier molecular flexibility index (Phi) is 5.51. The second-order valence-electron chi connectivity index (χ2n) is 5.85. The summed E-state index contributed by atoms with van der Waals surface area (Å²) in [6, 6.07) is 6.05. The minimum atomic E-state index is -0.549. The number of fused-ring (bicyclic) bond motifs is 1. The van der Waals surface area contributed by atoms with Crippen molar-refractivity contribution >= 4 is 16.8 Å². The SMILES string of the molecule is Cc1cccc2c1cnn2CCC(=O)NCC(O)CN(C)C. The van der Waals surface area contributed by atoms with E-state index in [0.29, 0.717) is 19.5 Å². The van der Waals surface area contributed by atoms with Crippen LogP contribution in [0.1, 0.15) is 12.0 Å². The quantitative estimate of drug-likeness (QED) is 0.793. The molecule has 0 aliphatic carbocycles. The molecule has 1 amide bonds. The van der Waals surface area contributed by atoms with Gasteiger partial charge in [-0.05, 0) is 32.6 Å². The molecule has 6 heteroatoms. The Morgan fingerprint density at radius 3 is 2.95 bits per heavy atom. The Bertz CT molecular complexity index is 636. The Balaban J connectivity index is 1.84. The molecule has 22 heavy (non-hydrogen) atoms. The molecule has 0 bridgehead atoms. The number of aliphatic hydroxyl groups is 1. The fourth-order valence-corrected chi connectivity index (χ4v) is 2.44. The minimum absolute atomic E-state index is 0.0749. The summed E-state index contributed by atoms with van der Waals surface area (Å²) < 4.78 is 1.85. The standard InChI is InChI=1S/C16H24N4O2/c1-12-5-4-6-15-14(12)10-18-20(15)8-7-16(22)17-9-13(21)11-19(2)3/h4-6,10,13,21H,7-9,11H2,1-3H3,(H,17,22). The number of hydrogen-bond donors (Lipinski definition) is 2. The highest BCUT2D eigenvalue weighted by atomic mass is 16.3. The largest absolute Gasteiger partial charge is 0.390 e. The van der Waals surface area contributed by atoms with Crippen LogP contribution in [0.4, 0.5) is 0 Å². The molecular weight excluding hydrogens is 280 g/mol. The van der Waals surface area contributed by atoms with E-state index < -0.39 is 6.10 Å². The number of carbonyl (C=O) groups excluding carboxylic acids is 1. The molecule has 1 heterocycles. The van der Waals surface area contributed by atoms with Crippen LogP contribution in [-0.2, 0) is 11.3 Å². The number of likely N-dealkylation sites (N-methyl/N-ethyl adjacent to an activating group) is 1. The second-order valence-corrected chi connectivity index (χ2v) is 5.85. The zero-order valence-electron chi connectivity index (χ0n) is 13.4. The van der Waals surface area contributed by atoms with E-state index in [9.17, 15) is 9.90 Å². The number of aromatic nitrogens is 2. The van der Waals surface area contributed by atoms with Crippen LogP contribution in [0.3, 0.4) is 0 Å². The molecule has 0 radical (unpaired) electrons. The van der Waals surface area contributed by atoms with Crippen LogP contribution in [0.15, 0.2) is 24.4 Å². The summed E-state index contributed by atoms with van der Waals surface area (Å²) in [4.78, 5) is 13.7. The summed E-state index contributed by atoms with van der Waals surface area (Å²) in [6.07, 6.45) is 1.63. The summed E-state index contributed by atoms with van der Waals surface area (Å²) in [5.41, 5.74) is 2.22. The minimum Gasteiger partial charge on any atom is -0.390 e. The second kappa shape index (κ2) is 7.38. The zero-order chi connectivity index (χ0) is 16.1. The van der Waals surface area contributed by atoms with Gasteiger partial charge in [-0.2, -0.15) is 5.10 Å². The van der Waals surface area contributed by atoms with Crippen molar-refractivity contribution in [3.05, 3.63) is 30.0 Å². The van der Waals surface area contributed by atoms with Gasteiger partial charge in [-0.3, -0.25) is 9.48 Å². The van der Waals surface area contributed by atoms with Crippen LogP contribution >= 0.6 is 0 Å². The summed E-state index contributed by atoms with van der Waals surface area (Å²) in [5, 5.41) is 17.9. The van der Waals surface area contributed by atoms with Gasteiger partial charge in [-0.25, -0.2) is 0 Å². The average Bonchev–Trinajstić information content (AvgIpc) is 2.87. The number of nitrogens with zero attached hydrogens (tertiary/aromatic N) is 3. The highest BCUT2D eigenvalue weighted by molar-refractivity contribution is 5.82. The van der Waals surface area contributed by atoms with E-state index in [1.54, 1.807) is 0 Å². The molecule has 0 saturated heterocycles. The summed E-state index contributed by atoms with van der Waals surface area (Å²) in [6.45, 7) is 3.38. The van der Waals surface area contributed by atoms with Crippen molar-refractivity contribution in [2.24, 2.45) is 0 Å². The predicted octanol–water partition coefficient (Wildman–Crippen LogP) is 0.774. The van der Waals surface area contributed by atoms with Gasteiger partial charge in [0.15, 0.2) is 0 Å². The van der Waals surface area contributed by atoms with Crippen LogP contribution in [0.25, 0.3) is 10.9 Å². The van der Waals surface area contributed by atoms with Crippen molar-refractivity contribution in [3.63, 3.8) is 0 Å².